The second-order valence-corrected chi connectivity index (χ2v) is 8.99. The molecule has 0 saturated carbocycles. The zero-order chi connectivity index (χ0) is 25.5. The molecule has 4 rings (SSSR count). The van der Waals surface area contributed by atoms with Crippen molar-refractivity contribution in [3.05, 3.63) is 106 Å². The van der Waals surface area contributed by atoms with E-state index in [1.54, 1.807) is 36.4 Å². The molecule has 0 radical (unpaired) electrons. The molecule has 9 heteroatoms. The van der Waals surface area contributed by atoms with Gasteiger partial charge in [-0.3, -0.25) is 14.2 Å². The monoisotopic (exact) mass is 505 g/mol. The first-order chi connectivity index (χ1) is 17.4. The maximum atomic E-state index is 13.4. The molecule has 36 heavy (non-hydrogen) atoms. The summed E-state index contributed by atoms with van der Waals surface area (Å²) in [6.45, 7) is 0.166. The lowest BCUT2D eigenvalue weighted by Crippen LogP contribution is -2.43. The Morgan fingerprint density at radius 2 is 1.69 bits per heavy atom. The maximum Gasteiger partial charge on any atom is 0.328 e. The summed E-state index contributed by atoms with van der Waals surface area (Å²) in [4.78, 5) is 42.9. The van der Waals surface area contributed by atoms with Gasteiger partial charge in [0.25, 0.3) is 5.56 Å². The normalized spacial score (nSPS) is 11.7. The smallest absolute Gasteiger partial charge is 0.328 e. The van der Waals surface area contributed by atoms with E-state index in [4.69, 9.17) is 4.74 Å². The number of carbonyl (C=O) groups is 2. The predicted octanol–water partition coefficient (Wildman–Crippen LogP) is 3.58. The summed E-state index contributed by atoms with van der Waals surface area (Å²) in [6, 6.07) is 21.3. The van der Waals surface area contributed by atoms with Crippen LogP contribution in [0.4, 0.5) is 4.39 Å². The highest BCUT2D eigenvalue weighted by Crippen LogP contribution is 2.19. The molecule has 0 fully saturated rings. The molecular weight excluding hydrogens is 481 g/mol. The Labute approximate surface area is 211 Å². The molecule has 1 heterocycles. The van der Waals surface area contributed by atoms with Gasteiger partial charge in [-0.05, 0) is 35.4 Å². The van der Waals surface area contributed by atoms with Crippen molar-refractivity contribution < 1.29 is 18.7 Å². The first-order valence-corrected chi connectivity index (χ1v) is 12.2. The Morgan fingerprint density at radius 1 is 1.00 bits per heavy atom. The van der Waals surface area contributed by atoms with Crippen molar-refractivity contribution in [2.24, 2.45) is 0 Å². The highest BCUT2D eigenvalue weighted by atomic mass is 32.2. The van der Waals surface area contributed by atoms with E-state index in [2.05, 4.69) is 10.3 Å². The molecule has 0 aliphatic carbocycles. The Hall–Kier alpha value is -3.98. The fourth-order valence-corrected chi connectivity index (χ4v) is 4.53. The number of benzene rings is 3. The van der Waals surface area contributed by atoms with Gasteiger partial charge in [-0.2, -0.15) is 0 Å². The highest BCUT2D eigenvalue weighted by molar-refractivity contribution is 7.99. The van der Waals surface area contributed by atoms with Crippen molar-refractivity contribution >= 4 is 34.5 Å². The fraction of sp³-hybridized carbons (Fsp3) is 0.185. The summed E-state index contributed by atoms with van der Waals surface area (Å²) >= 11 is 1.09. The number of para-hydroxylation sites is 1. The minimum atomic E-state index is -0.850. The van der Waals surface area contributed by atoms with Crippen molar-refractivity contribution in [3.8, 4) is 0 Å². The predicted molar refractivity (Wildman–Crippen MR) is 136 cm³/mol. The Bertz CT molecular complexity index is 1420. The van der Waals surface area contributed by atoms with Gasteiger partial charge in [-0.1, -0.05) is 66.4 Å². The van der Waals surface area contributed by atoms with E-state index < -0.39 is 17.9 Å². The van der Waals surface area contributed by atoms with Gasteiger partial charge in [-0.25, -0.2) is 14.2 Å². The van der Waals surface area contributed by atoms with Crippen molar-refractivity contribution in [1.29, 1.82) is 0 Å². The Balaban J connectivity index is 1.55. The van der Waals surface area contributed by atoms with Crippen LogP contribution in [-0.4, -0.2) is 40.3 Å². The standard InChI is InChI=1S/C27H24FN3O4S/c1-35-26(34)23(15-18-7-3-2-4-8-18)29-24(32)17-36-27-30-22-10-6-5-9-21(22)25(33)31(27)16-19-11-13-20(28)14-12-19/h2-14,23H,15-17H2,1H3,(H,29,32). The number of aromatic nitrogens is 2. The third-order valence-electron chi connectivity index (χ3n) is 5.52. The zero-order valence-corrected chi connectivity index (χ0v) is 20.3. The number of methoxy groups -OCH3 is 1. The summed E-state index contributed by atoms with van der Waals surface area (Å²) in [7, 11) is 1.27. The van der Waals surface area contributed by atoms with E-state index in [1.807, 2.05) is 30.3 Å². The summed E-state index contributed by atoms with van der Waals surface area (Å²) < 4.78 is 19.7. The number of fused-ring (bicyclic) bond motifs is 1. The van der Waals surface area contributed by atoms with Crippen LogP contribution in [0.1, 0.15) is 11.1 Å². The summed E-state index contributed by atoms with van der Waals surface area (Å²) in [5.74, 6) is -1.39. The third-order valence-corrected chi connectivity index (χ3v) is 6.49. The maximum absolute atomic E-state index is 13.4. The number of esters is 1. The van der Waals surface area contributed by atoms with Crippen molar-refractivity contribution in [2.45, 2.75) is 24.2 Å². The van der Waals surface area contributed by atoms with E-state index in [1.165, 1.54) is 23.8 Å². The third kappa shape index (κ3) is 6.17. The molecule has 0 saturated heterocycles. The van der Waals surface area contributed by atoms with E-state index in [-0.39, 0.29) is 30.1 Å². The average Bonchev–Trinajstić information content (AvgIpc) is 2.90. The van der Waals surface area contributed by atoms with E-state index in [9.17, 15) is 18.8 Å². The molecule has 0 spiro atoms. The molecule has 0 bridgehead atoms. The molecule has 4 aromatic rings. The minimum Gasteiger partial charge on any atom is -0.467 e. The summed E-state index contributed by atoms with van der Waals surface area (Å²) in [5.41, 5.74) is 1.85. The van der Waals surface area contributed by atoms with Crippen LogP contribution in [0.5, 0.6) is 0 Å². The minimum absolute atomic E-state index is 0.0729. The van der Waals surface area contributed by atoms with Gasteiger partial charge in [0.1, 0.15) is 11.9 Å². The van der Waals surface area contributed by atoms with Crippen LogP contribution in [0.2, 0.25) is 0 Å². The lowest BCUT2D eigenvalue weighted by Gasteiger charge is -2.17. The topological polar surface area (TPSA) is 90.3 Å². The first-order valence-electron chi connectivity index (χ1n) is 11.2. The largest absolute Gasteiger partial charge is 0.467 e. The molecule has 0 aliphatic rings. The van der Waals surface area contributed by atoms with Gasteiger partial charge < -0.3 is 10.1 Å². The van der Waals surface area contributed by atoms with Crippen LogP contribution < -0.4 is 10.9 Å². The number of ether oxygens (including phenoxy) is 1. The van der Waals surface area contributed by atoms with Crippen molar-refractivity contribution in [1.82, 2.24) is 14.9 Å². The van der Waals surface area contributed by atoms with Crippen LogP contribution in [0.15, 0.2) is 88.8 Å². The van der Waals surface area contributed by atoms with Gasteiger partial charge in [-0.15, -0.1) is 0 Å². The summed E-state index contributed by atoms with van der Waals surface area (Å²) in [5, 5.41) is 3.51. The Kier molecular flexibility index (Phi) is 8.12. The van der Waals surface area contributed by atoms with Crippen LogP contribution in [-0.2, 0) is 27.3 Å². The number of amides is 1. The number of thioether (sulfide) groups is 1. The van der Waals surface area contributed by atoms with Gasteiger partial charge in [0.05, 0.1) is 30.3 Å². The Morgan fingerprint density at radius 3 is 2.42 bits per heavy atom. The van der Waals surface area contributed by atoms with Crippen molar-refractivity contribution in [2.75, 3.05) is 12.9 Å². The molecule has 184 valence electrons. The van der Waals surface area contributed by atoms with Crippen LogP contribution in [0.25, 0.3) is 10.9 Å². The molecule has 0 aliphatic heterocycles. The molecule has 3 aromatic carbocycles. The zero-order valence-electron chi connectivity index (χ0n) is 19.5. The van der Waals surface area contributed by atoms with E-state index in [0.717, 1.165) is 22.9 Å². The highest BCUT2D eigenvalue weighted by Gasteiger charge is 2.22. The van der Waals surface area contributed by atoms with Crippen LogP contribution in [0.3, 0.4) is 0 Å². The average molecular weight is 506 g/mol. The van der Waals surface area contributed by atoms with Crippen molar-refractivity contribution in [3.63, 3.8) is 0 Å². The molecule has 1 atom stereocenters. The number of nitrogens with one attached hydrogen (secondary N) is 1. The SMILES string of the molecule is COC(=O)C(Cc1ccccc1)NC(=O)CSc1nc2ccccc2c(=O)n1Cc1ccc(F)cc1. The second-order valence-electron chi connectivity index (χ2n) is 8.05. The molecule has 1 N–H and O–H groups in total. The van der Waals surface area contributed by atoms with Gasteiger partial charge >= 0.3 is 5.97 Å². The lowest BCUT2D eigenvalue weighted by molar-refractivity contribution is -0.144. The molecule has 7 nitrogen and oxygen atoms in total. The summed E-state index contributed by atoms with van der Waals surface area (Å²) in [6.07, 6.45) is 0.285. The van der Waals surface area contributed by atoms with Gasteiger partial charge in [0, 0.05) is 6.42 Å². The molecule has 1 amide bonds. The molecule has 1 aromatic heterocycles. The van der Waals surface area contributed by atoms with Gasteiger partial charge in [0.2, 0.25) is 5.91 Å². The molecule has 1 unspecified atom stereocenters. The number of hydrogen-bond donors (Lipinski definition) is 1. The van der Waals surface area contributed by atoms with E-state index in [0.29, 0.717) is 16.1 Å². The number of nitrogens with zero attached hydrogens (tertiary/aromatic N) is 2. The second kappa shape index (κ2) is 11.6. The number of carbonyl (C=O) groups excluding carboxylic acids is 2. The van der Waals surface area contributed by atoms with Gasteiger partial charge in [0.15, 0.2) is 5.16 Å². The van der Waals surface area contributed by atoms with Crippen LogP contribution in [0, 0.1) is 5.82 Å². The number of hydrogen-bond acceptors (Lipinski definition) is 6. The molecular formula is C27H24FN3O4S. The van der Waals surface area contributed by atoms with Crippen LogP contribution >= 0.6 is 11.8 Å². The quantitative estimate of drug-likeness (QED) is 0.213. The van der Waals surface area contributed by atoms with E-state index >= 15 is 0 Å². The number of rotatable bonds is 9. The number of halogens is 1. The first kappa shape index (κ1) is 25.1. The lowest BCUT2D eigenvalue weighted by atomic mass is 10.1. The fourth-order valence-electron chi connectivity index (χ4n) is 3.72.